The summed E-state index contributed by atoms with van der Waals surface area (Å²) in [7, 11) is 0. The molecular formula is C16H16FNO2. The van der Waals surface area contributed by atoms with Gasteiger partial charge in [0.25, 0.3) is 0 Å². The van der Waals surface area contributed by atoms with Crippen molar-refractivity contribution in [3.8, 4) is 0 Å². The lowest BCUT2D eigenvalue weighted by Gasteiger charge is -2.06. The molecule has 2 rings (SSSR count). The molecule has 0 radical (unpaired) electrons. The van der Waals surface area contributed by atoms with Gasteiger partial charge >= 0.3 is 5.97 Å². The quantitative estimate of drug-likeness (QED) is 0.880. The van der Waals surface area contributed by atoms with Gasteiger partial charge in [-0.05, 0) is 30.2 Å². The van der Waals surface area contributed by atoms with Gasteiger partial charge in [-0.2, -0.15) is 0 Å². The van der Waals surface area contributed by atoms with Crippen molar-refractivity contribution < 1.29 is 14.3 Å². The Morgan fingerprint density at radius 1 is 1.10 bits per heavy atom. The van der Waals surface area contributed by atoms with Crippen LogP contribution in [0.5, 0.6) is 0 Å². The third-order valence-corrected chi connectivity index (χ3v) is 3.04. The highest BCUT2D eigenvalue weighted by atomic mass is 19.1. The highest BCUT2D eigenvalue weighted by molar-refractivity contribution is 5.87. The maximum absolute atomic E-state index is 13.5. The van der Waals surface area contributed by atoms with E-state index in [0.717, 1.165) is 11.1 Å². The Balaban J connectivity index is 1.92. The number of carboxylic acids is 1. The van der Waals surface area contributed by atoms with E-state index < -0.39 is 11.8 Å². The number of hydrogen-bond donors (Lipinski definition) is 2. The highest BCUT2D eigenvalue weighted by Crippen LogP contribution is 2.11. The van der Waals surface area contributed by atoms with E-state index in [1.807, 2.05) is 31.2 Å². The van der Waals surface area contributed by atoms with Crippen LogP contribution in [0.3, 0.4) is 0 Å². The molecule has 0 amide bonds. The van der Waals surface area contributed by atoms with Crippen LogP contribution in [-0.4, -0.2) is 11.1 Å². The molecule has 0 bridgehead atoms. The van der Waals surface area contributed by atoms with Crippen LogP contribution < -0.4 is 5.32 Å². The van der Waals surface area contributed by atoms with Gasteiger partial charge in [0.1, 0.15) is 5.82 Å². The Kier molecular flexibility index (Phi) is 4.48. The molecule has 0 atom stereocenters. The van der Waals surface area contributed by atoms with Gasteiger partial charge in [-0.1, -0.05) is 35.9 Å². The maximum atomic E-state index is 13.5. The summed E-state index contributed by atoms with van der Waals surface area (Å²) in [5, 5.41) is 11.9. The van der Waals surface area contributed by atoms with Crippen molar-refractivity contribution >= 4 is 5.97 Å². The monoisotopic (exact) mass is 273 g/mol. The fourth-order valence-electron chi connectivity index (χ4n) is 1.90. The molecule has 4 heteroatoms. The minimum atomic E-state index is -1.25. The van der Waals surface area contributed by atoms with Crippen LogP contribution in [0.4, 0.5) is 4.39 Å². The summed E-state index contributed by atoms with van der Waals surface area (Å²) < 4.78 is 13.5. The van der Waals surface area contributed by atoms with Gasteiger partial charge in [-0.25, -0.2) is 9.18 Å². The number of halogens is 1. The number of carboxylic acid groups (broad SMARTS) is 1. The van der Waals surface area contributed by atoms with Gasteiger partial charge in [-0.3, -0.25) is 0 Å². The SMILES string of the molecule is Cc1ccc(CNCc2ccc(C(=O)O)c(F)c2)cc1. The molecule has 20 heavy (non-hydrogen) atoms. The third-order valence-electron chi connectivity index (χ3n) is 3.04. The van der Waals surface area contributed by atoms with Crippen molar-refractivity contribution in [2.45, 2.75) is 20.0 Å². The molecule has 0 spiro atoms. The number of benzene rings is 2. The molecule has 0 aliphatic carbocycles. The van der Waals surface area contributed by atoms with Crippen molar-refractivity contribution in [2.24, 2.45) is 0 Å². The fourth-order valence-corrected chi connectivity index (χ4v) is 1.90. The van der Waals surface area contributed by atoms with Gasteiger partial charge in [0.15, 0.2) is 0 Å². The summed E-state index contributed by atoms with van der Waals surface area (Å²) in [6.07, 6.45) is 0. The molecular weight excluding hydrogens is 257 g/mol. The van der Waals surface area contributed by atoms with Gasteiger partial charge < -0.3 is 10.4 Å². The molecule has 0 unspecified atom stereocenters. The van der Waals surface area contributed by atoms with Crippen molar-refractivity contribution in [1.29, 1.82) is 0 Å². The summed E-state index contributed by atoms with van der Waals surface area (Å²) in [5.74, 6) is -1.95. The average molecular weight is 273 g/mol. The first-order valence-corrected chi connectivity index (χ1v) is 6.34. The number of nitrogens with one attached hydrogen (secondary N) is 1. The molecule has 2 N–H and O–H groups in total. The summed E-state index contributed by atoms with van der Waals surface area (Å²) >= 11 is 0. The molecule has 0 aliphatic heterocycles. The smallest absolute Gasteiger partial charge is 0.338 e. The lowest BCUT2D eigenvalue weighted by molar-refractivity contribution is 0.0692. The lowest BCUT2D eigenvalue weighted by atomic mass is 10.1. The van der Waals surface area contributed by atoms with Crippen LogP contribution in [0, 0.1) is 12.7 Å². The normalized spacial score (nSPS) is 10.5. The van der Waals surface area contributed by atoms with Crippen molar-refractivity contribution in [1.82, 2.24) is 5.32 Å². The van der Waals surface area contributed by atoms with Gasteiger partial charge in [0, 0.05) is 13.1 Å². The molecule has 0 aromatic heterocycles. The van der Waals surface area contributed by atoms with Crippen LogP contribution in [0.2, 0.25) is 0 Å². The van der Waals surface area contributed by atoms with E-state index in [1.54, 1.807) is 6.07 Å². The van der Waals surface area contributed by atoms with E-state index in [4.69, 9.17) is 5.11 Å². The lowest BCUT2D eigenvalue weighted by Crippen LogP contribution is -2.13. The van der Waals surface area contributed by atoms with Crippen LogP contribution >= 0.6 is 0 Å². The predicted octanol–water partition coefficient (Wildman–Crippen LogP) is 3.12. The topological polar surface area (TPSA) is 49.3 Å². The summed E-state index contributed by atoms with van der Waals surface area (Å²) in [4.78, 5) is 10.7. The Labute approximate surface area is 117 Å². The number of rotatable bonds is 5. The number of aromatic carboxylic acids is 1. The largest absolute Gasteiger partial charge is 0.478 e. The van der Waals surface area contributed by atoms with E-state index in [0.29, 0.717) is 13.1 Å². The van der Waals surface area contributed by atoms with E-state index >= 15 is 0 Å². The molecule has 0 saturated heterocycles. The van der Waals surface area contributed by atoms with Crippen LogP contribution in [-0.2, 0) is 13.1 Å². The van der Waals surface area contributed by atoms with Crippen LogP contribution in [0.1, 0.15) is 27.0 Å². The zero-order valence-electron chi connectivity index (χ0n) is 11.2. The Hall–Kier alpha value is -2.20. The van der Waals surface area contributed by atoms with E-state index in [9.17, 15) is 9.18 Å². The molecule has 0 aliphatic rings. The first kappa shape index (κ1) is 14.2. The molecule has 0 fully saturated rings. The summed E-state index contributed by atoms with van der Waals surface area (Å²) in [6, 6.07) is 12.3. The van der Waals surface area contributed by atoms with Gasteiger partial charge in [0.05, 0.1) is 5.56 Å². The summed E-state index contributed by atoms with van der Waals surface area (Å²) in [5.41, 5.74) is 2.78. The Morgan fingerprint density at radius 2 is 1.70 bits per heavy atom. The first-order chi connectivity index (χ1) is 9.56. The maximum Gasteiger partial charge on any atom is 0.338 e. The van der Waals surface area contributed by atoms with Crippen LogP contribution in [0.15, 0.2) is 42.5 Å². The Bertz CT molecular complexity index is 608. The minimum absolute atomic E-state index is 0.299. The molecule has 2 aromatic rings. The molecule has 0 heterocycles. The third kappa shape index (κ3) is 3.65. The van der Waals surface area contributed by atoms with E-state index in [1.165, 1.54) is 17.7 Å². The highest BCUT2D eigenvalue weighted by Gasteiger charge is 2.09. The van der Waals surface area contributed by atoms with Gasteiger partial charge in [0.2, 0.25) is 0 Å². The second-order valence-electron chi connectivity index (χ2n) is 4.71. The Morgan fingerprint density at radius 3 is 2.30 bits per heavy atom. The fraction of sp³-hybridized carbons (Fsp3) is 0.188. The molecule has 0 saturated carbocycles. The van der Waals surface area contributed by atoms with E-state index in [-0.39, 0.29) is 5.56 Å². The molecule has 3 nitrogen and oxygen atoms in total. The van der Waals surface area contributed by atoms with Crippen molar-refractivity contribution in [2.75, 3.05) is 0 Å². The zero-order valence-corrected chi connectivity index (χ0v) is 11.2. The second-order valence-corrected chi connectivity index (χ2v) is 4.71. The number of carbonyl (C=O) groups is 1. The predicted molar refractivity (Wildman–Crippen MR) is 75.1 cm³/mol. The van der Waals surface area contributed by atoms with Gasteiger partial charge in [-0.15, -0.1) is 0 Å². The second kappa shape index (κ2) is 6.30. The van der Waals surface area contributed by atoms with E-state index in [2.05, 4.69) is 5.32 Å². The average Bonchev–Trinajstić information content (AvgIpc) is 2.41. The molecule has 2 aromatic carbocycles. The zero-order chi connectivity index (χ0) is 14.5. The van der Waals surface area contributed by atoms with Crippen molar-refractivity contribution in [3.05, 3.63) is 70.5 Å². The molecule has 104 valence electrons. The summed E-state index contributed by atoms with van der Waals surface area (Å²) in [6.45, 7) is 3.21. The number of hydrogen-bond acceptors (Lipinski definition) is 2. The minimum Gasteiger partial charge on any atom is -0.478 e. The first-order valence-electron chi connectivity index (χ1n) is 6.34. The number of aryl methyl sites for hydroxylation is 1. The van der Waals surface area contributed by atoms with Crippen molar-refractivity contribution in [3.63, 3.8) is 0 Å². The van der Waals surface area contributed by atoms with Crippen LogP contribution in [0.25, 0.3) is 0 Å². The standard InChI is InChI=1S/C16H16FNO2/c1-11-2-4-12(5-3-11)9-18-10-13-6-7-14(16(19)20)15(17)8-13/h2-8,18H,9-10H2,1H3,(H,19,20).